The fourth-order valence-corrected chi connectivity index (χ4v) is 5.64. The summed E-state index contributed by atoms with van der Waals surface area (Å²) in [6, 6.07) is 17.1. The zero-order valence-corrected chi connectivity index (χ0v) is 22.6. The molecular formula is C31H39N3O2. The molecule has 0 saturated heterocycles. The van der Waals surface area contributed by atoms with Crippen molar-refractivity contribution < 1.29 is 9.53 Å². The second-order valence-corrected chi connectivity index (χ2v) is 9.20. The van der Waals surface area contributed by atoms with E-state index in [4.69, 9.17) is 4.74 Å². The van der Waals surface area contributed by atoms with Gasteiger partial charge in [-0.05, 0) is 82.0 Å². The summed E-state index contributed by atoms with van der Waals surface area (Å²) in [5.74, 6) is -0.365. The molecule has 1 aliphatic rings. The standard InChI is InChI=1S/C31H39N3O2/c1-7-22-20-24(33(9-3)10-4)15-17-26(22)31(28-14-13-19-32-29(28)30(35)36-31)27-18-16-25(21-23(27)8-2)34(11-5)12-6/h13-21H,7-12H2,1-6H3. The summed E-state index contributed by atoms with van der Waals surface area (Å²) in [5.41, 5.74) is 6.99. The number of anilines is 2. The van der Waals surface area contributed by atoms with Crippen molar-refractivity contribution >= 4 is 17.3 Å². The van der Waals surface area contributed by atoms with E-state index < -0.39 is 5.60 Å². The van der Waals surface area contributed by atoms with Crippen LogP contribution in [-0.2, 0) is 23.2 Å². The number of fused-ring (bicyclic) bond motifs is 1. The molecule has 1 aromatic heterocycles. The van der Waals surface area contributed by atoms with Crippen LogP contribution in [0.4, 0.5) is 11.4 Å². The first kappa shape index (κ1) is 25.7. The summed E-state index contributed by atoms with van der Waals surface area (Å²) >= 11 is 0. The number of benzene rings is 2. The Morgan fingerprint density at radius 3 is 1.67 bits per heavy atom. The first-order valence-corrected chi connectivity index (χ1v) is 13.4. The number of hydrogen-bond acceptors (Lipinski definition) is 5. The summed E-state index contributed by atoms with van der Waals surface area (Å²) in [5, 5.41) is 0. The van der Waals surface area contributed by atoms with Crippen LogP contribution in [0.5, 0.6) is 0 Å². The van der Waals surface area contributed by atoms with Crippen molar-refractivity contribution in [2.45, 2.75) is 60.0 Å². The summed E-state index contributed by atoms with van der Waals surface area (Å²) in [4.78, 5) is 22.4. The molecule has 0 fully saturated rings. The monoisotopic (exact) mass is 485 g/mol. The molecule has 2 aromatic carbocycles. The van der Waals surface area contributed by atoms with Crippen molar-refractivity contribution in [3.05, 3.63) is 88.2 Å². The van der Waals surface area contributed by atoms with Gasteiger partial charge in [-0.25, -0.2) is 9.78 Å². The average Bonchev–Trinajstić information content (AvgIpc) is 3.22. The number of esters is 1. The van der Waals surface area contributed by atoms with Crippen molar-refractivity contribution in [1.82, 2.24) is 4.98 Å². The van der Waals surface area contributed by atoms with E-state index in [0.717, 1.165) is 55.7 Å². The van der Waals surface area contributed by atoms with Gasteiger partial charge < -0.3 is 14.5 Å². The Morgan fingerprint density at radius 1 is 0.722 bits per heavy atom. The van der Waals surface area contributed by atoms with E-state index in [-0.39, 0.29) is 5.97 Å². The van der Waals surface area contributed by atoms with Crippen LogP contribution in [0.1, 0.15) is 79.8 Å². The summed E-state index contributed by atoms with van der Waals surface area (Å²) in [6.45, 7) is 16.8. The number of carbonyl (C=O) groups is 1. The third-order valence-electron chi connectivity index (χ3n) is 7.58. The molecule has 4 rings (SSSR count). The summed E-state index contributed by atoms with van der Waals surface area (Å²) < 4.78 is 6.45. The van der Waals surface area contributed by atoms with E-state index in [1.54, 1.807) is 6.20 Å². The number of rotatable bonds is 10. The van der Waals surface area contributed by atoms with Crippen LogP contribution >= 0.6 is 0 Å². The molecule has 0 saturated carbocycles. The van der Waals surface area contributed by atoms with Crippen LogP contribution in [0.2, 0.25) is 0 Å². The number of ether oxygens (including phenoxy) is 1. The van der Waals surface area contributed by atoms with Crippen LogP contribution in [0, 0.1) is 0 Å². The van der Waals surface area contributed by atoms with Gasteiger partial charge in [-0.15, -0.1) is 0 Å². The fourth-order valence-electron chi connectivity index (χ4n) is 5.64. The Bertz CT molecular complexity index is 1160. The van der Waals surface area contributed by atoms with Gasteiger partial charge in [0, 0.05) is 60.4 Å². The lowest BCUT2D eigenvalue weighted by molar-refractivity contribution is 0.0244. The molecule has 0 atom stereocenters. The van der Waals surface area contributed by atoms with Gasteiger partial charge in [-0.3, -0.25) is 0 Å². The molecule has 5 nitrogen and oxygen atoms in total. The number of cyclic esters (lactones) is 1. The maximum atomic E-state index is 13.3. The SMILES string of the molecule is CCc1cc(N(CC)CC)ccc1C1(c2ccc(N(CC)CC)cc2CC)OC(=O)c2ncccc21. The van der Waals surface area contributed by atoms with Crippen LogP contribution in [-0.4, -0.2) is 37.1 Å². The molecule has 0 spiro atoms. The van der Waals surface area contributed by atoms with Crippen LogP contribution in [0.3, 0.4) is 0 Å². The van der Waals surface area contributed by atoms with E-state index in [9.17, 15) is 4.79 Å². The molecule has 0 radical (unpaired) electrons. The van der Waals surface area contributed by atoms with Crippen LogP contribution < -0.4 is 9.80 Å². The minimum Gasteiger partial charge on any atom is -0.439 e. The molecule has 36 heavy (non-hydrogen) atoms. The third kappa shape index (κ3) is 4.15. The lowest BCUT2D eigenvalue weighted by atomic mass is 9.76. The fraction of sp³-hybridized carbons (Fsp3) is 0.419. The van der Waals surface area contributed by atoms with Gasteiger partial charge in [0.05, 0.1) is 0 Å². The van der Waals surface area contributed by atoms with Crippen LogP contribution in [0.25, 0.3) is 0 Å². The first-order chi connectivity index (χ1) is 17.5. The van der Waals surface area contributed by atoms with Crippen molar-refractivity contribution in [2.24, 2.45) is 0 Å². The number of hydrogen-bond donors (Lipinski definition) is 0. The van der Waals surface area contributed by atoms with Gasteiger partial charge >= 0.3 is 5.97 Å². The van der Waals surface area contributed by atoms with E-state index in [1.807, 2.05) is 12.1 Å². The quantitative estimate of drug-likeness (QED) is 0.313. The first-order valence-electron chi connectivity index (χ1n) is 13.4. The van der Waals surface area contributed by atoms with Gasteiger partial charge in [0.15, 0.2) is 11.3 Å². The highest BCUT2D eigenvalue weighted by Crippen LogP contribution is 2.49. The normalized spacial score (nSPS) is 13.9. The minimum atomic E-state index is -1.03. The largest absolute Gasteiger partial charge is 0.439 e. The lowest BCUT2D eigenvalue weighted by Gasteiger charge is -2.35. The molecule has 0 amide bonds. The van der Waals surface area contributed by atoms with Gasteiger partial charge in [0.25, 0.3) is 0 Å². The van der Waals surface area contributed by atoms with Crippen molar-refractivity contribution in [1.29, 1.82) is 0 Å². The molecule has 0 bridgehead atoms. The van der Waals surface area contributed by atoms with Crippen molar-refractivity contribution in [3.8, 4) is 0 Å². The van der Waals surface area contributed by atoms with E-state index >= 15 is 0 Å². The summed E-state index contributed by atoms with van der Waals surface area (Å²) in [7, 11) is 0. The topological polar surface area (TPSA) is 45.7 Å². The second-order valence-electron chi connectivity index (χ2n) is 9.20. The molecule has 0 aliphatic carbocycles. The highest BCUT2D eigenvalue weighted by atomic mass is 16.6. The zero-order chi connectivity index (χ0) is 25.9. The Labute approximate surface area is 216 Å². The third-order valence-corrected chi connectivity index (χ3v) is 7.58. The second kappa shape index (κ2) is 10.7. The molecule has 5 heteroatoms. The highest BCUT2D eigenvalue weighted by Gasteiger charge is 2.51. The van der Waals surface area contributed by atoms with Gasteiger partial charge in [0.1, 0.15) is 0 Å². The summed E-state index contributed by atoms with van der Waals surface area (Å²) in [6.07, 6.45) is 3.33. The molecule has 190 valence electrons. The number of aromatic nitrogens is 1. The molecule has 1 aliphatic heterocycles. The number of pyridine rings is 1. The molecular weight excluding hydrogens is 446 g/mol. The Morgan fingerprint density at radius 2 is 1.22 bits per heavy atom. The highest BCUT2D eigenvalue weighted by molar-refractivity contribution is 5.94. The smallest absolute Gasteiger partial charge is 0.358 e. The lowest BCUT2D eigenvalue weighted by Crippen LogP contribution is -2.33. The minimum absolute atomic E-state index is 0.365. The van der Waals surface area contributed by atoms with Gasteiger partial charge in [0.2, 0.25) is 0 Å². The Hall–Kier alpha value is -3.34. The van der Waals surface area contributed by atoms with E-state index in [1.165, 1.54) is 22.5 Å². The Balaban J connectivity index is 2.02. The number of carbonyl (C=O) groups excluding carboxylic acids is 1. The molecule has 2 heterocycles. The van der Waals surface area contributed by atoms with Crippen LogP contribution in [0.15, 0.2) is 54.7 Å². The average molecular weight is 486 g/mol. The van der Waals surface area contributed by atoms with Gasteiger partial charge in [-0.1, -0.05) is 32.0 Å². The van der Waals surface area contributed by atoms with E-state index in [0.29, 0.717) is 5.69 Å². The predicted octanol–water partition coefficient (Wildman–Crippen LogP) is 6.36. The molecule has 0 unspecified atom stereocenters. The number of nitrogens with zero attached hydrogens (tertiary/aromatic N) is 3. The predicted molar refractivity (Wildman–Crippen MR) is 148 cm³/mol. The zero-order valence-electron chi connectivity index (χ0n) is 22.6. The maximum absolute atomic E-state index is 13.3. The van der Waals surface area contributed by atoms with Crippen molar-refractivity contribution in [2.75, 3.05) is 36.0 Å². The van der Waals surface area contributed by atoms with Crippen molar-refractivity contribution in [3.63, 3.8) is 0 Å². The van der Waals surface area contributed by atoms with E-state index in [2.05, 4.69) is 92.7 Å². The Kier molecular flexibility index (Phi) is 7.67. The molecule has 0 N–H and O–H groups in total. The molecule has 3 aromatic rings. The maximum Gasteiger partial charge on any atom is 0.358 e. The van der Waals surface area contributed by atoms with Gasteiger partial charge in [-0.2, -0.15) is 0 Å². The number of aryl methyl sites for hydroxylation is 2.